The van der Waals surface area contributed by atoms with Crippen molar-refractivity contribution in [1.82, 2.24) is 15.1 Å². The fourth-order valence-electron chi connectivity index (χ4n) is 4.74. The summed E-state index contributed by atoms with van der Waals surface area (Å²) in [5.41, 5.74) is -0.0795. The second-order valence-electron chi connectivity index (χ2n) is 7.95. The van der Waals surface area contributed by atoms with E-state index in [-0.39, 0.29) is 28.9 Å². The number of piperazine rings is 1. The van der Waals surface area contributed by atoms with Crippen LogP contribution >= 0.6 is 24.0 Å². The normalized spacial score (nSPS) is 26.7. The van der Waals surface area contributed by atoms with Crippen molar-refractivity contribution in [2.75, 3.05) is 26.2 Å². The van der Waals surface area contributed by atoms with Crippen LogP contribution < -0.4 is 5.32 Å². The van der Waals surface area contributed by atoms with Crippen LogP contribution in [-0.2, 0) is 4.79 Å². The number of amides is 2. The number of hydrogen-bond donors (Lipinski definition) is 1. The van der Waals surface area contributed by atoms with Crippen molar-refractivity contribution < 1.29 is 14.0 Å². The van der Waals surface area contributed by atoms with Crippen molar-refractivity contribution in [1.29, 1.82) is 0 Å². The lowest BCUT2D eigenvalue weighted by molar-refractivity contribution is -0.134. The average molecular weight is 430 g/mol. The number of fused-ring (bicyclic) bond motifs is 2. The van der Waals surface area contributed by atoms with Gasteiger partial charge in [-0.15, -0.1) is 12.4 Å². The molecule has 3 fully saturated rings. The molecule has 5 nitrogen and oxygen atoms in total. The van der Waals surface area contributed by atoms with E-state index in [1.165, 1.54) is 31.0 Å². The lowest BCUT2D eigenvalue weighted by Crippen LogP contribution is -2.51. The van der Waals surface area contributed by atoms with Crippen LogP contribution in [0.1, 0.15) is 42.5 Å². The summed E-state index contributed by atoms with van der Waals surface area (Å²) in [6.07, 6.45) is 5.24. The third-order valence-electron chi connectivity index (χ3n) is 6.13. The smallest absolute Gasteiger partial charge is 0.258 e. The molecule has 1 aromatic rings. The summed E-state index contributed by atoms with van der Waals surface area (Å²) in [7, 11) is 0. The lowest BCUT2D eigenvalue weighted by Gasteiger charge is -2.36. The molecule has 2 unspecified atom stereocenters. The van der Waals surface area contributed by atoms with E-state index < -0.39 is 11.7 Å². The highest BCUT2D eigenvalue weighted by Crippen LogP contribution is 2.33. The fraction of sp³-hybridized carbons (Fsp3) is 0.600. The summed E-state index contributed by atoms with van der Waals surface area (Å²) in [6.45, 7) is 1.81. The molecule has 4 rings (SSSR count). The molecule has 2 atom stereocenters. The molecule has 0 radical (unpaired) electrons. The second-order valence-corrected chi connectivity index (χ2v) is 8.36. The number of piperidine rings is 1. The van der Waals surface area contributed by atoms with Gasteiger partial charge in [0.1, 0.15) is 5.82 Å². The van der Waals surface area contributed by atoms with Crippen LogP contribution in [0, 0.1) is 11.7 Å². The van der Waals surface area contributed by atoms with Crippen LogP contribution in [0.15, 0.2) is 18.2 Å². The number of carbonyl (C=O) groups is 2. The first-order valence-electron chi connectivity index (χ1n) is 9.78. The van der Waals surface area contributed by atoms with Gasteiger partial charge in [-0.2, -0.15) is 0 Å². The fourth-order valence-corrected chi connectivity index (χ4v) is 4.98. The molecule has 0 saturated carbocycles. The molecule has 0 aromatic heterocycles. The van der Waals surface area contributed by atoms with E-state index in [4.69, 9.17) is 11.6 Å². The largest absolute Gasteiger partial charge is 0.339 e. The van der Waals surface area contributed by atoms with E-state index >= 15 is 0 Å². The first kappa shape index (κ1) is 21.3. The molecule has 3 saturated heterocycles. The topological polar surface area (TPSA) is 52.7 Å². The van der Waals surface area contributed by atoms with Gasteiger partial charge in [0.15, 0.2) is 0 Å². The Morgan fingerprint density at radius 3 is 2.29 bits per heavy atom. The molecule has 154 valence electrons. The lowest BCUT2D eigenvalue weighted by atomic mass is 9.89. The van der Waals surface area contributed by atoms with E-state index in [1.54, 1.807) is 4.90 Å². The molecule has 1 aromatic carbocycles. The third-order valence-corrected chi connectivity index (χ3v) is 6.45. The maximum atomic E-state index is 14.0. The molecule has 3 heterocycles. The molecule has 1 N–H and O–H groups in total. The summed E-state index contributed by atoms with van der Waals surface area (Å²) in [5, 5.41) is 3.73. The predicted octanol–water partition coefficient (Wildman–Crippen LogP) is 3.11. The van der Waals surface area contributed by atoms with Crippen LogP contribution in [0.3, 0.4) is 0 Å². The molecule has 0 aliphatic carbocycles. The van der Waals surface area contributed by atoms with Crippen molar-refractivity contribution >= 4 is 35.8 Å². The summed E-state index contributed by atoms with van der Waals surface area (Å²) in [4.78, 5) is 28.7. The maximum absolute atomic E-state index is 14.0. The van der Waals surface area contributed by atoms with Crippen molar-refractivity contribution in [2.45, 2.75) is 44.2 Å². The number of nitrogens with zero attached hydrogens (tertiary/aromatic N) is 2. The second kappa shape index (κ2) is 8.97. The maximum Gasteiger partial charge on any atom is 0.258 e. The van der Waals surface area contributed by atoms with Gasteiger partial charge in [-0.05, 0) is 43.7 Å². The number of nitrogens with one attached hydrogen (secondary N) is 1. The van der Waals surface area contributed by atoms with Gasteiger partial charge in [0.25, 0.3) is 5.91 Å². The quantitative estimate of drug-likeness (QED) is 0.802. The molecule has 3 aliphatic heterocycles. The van der Waals surface area contributed by atoms with E-state index in [0.29, 0.717) is 50.6 Å². The number of benzene rings is 1. The zero-order valence-electron chi connectivity index (χ0n) is 15.7. The Hall–Kier alpha value is -1.37. The van der Waals surface area contributed by atoms with E-state index in [9.17, 15) is 14.0 Å². The Kier molecular flexibility index (Phi) is 6.84. The molecular formula is C20H26Cl2FN3O2. The Balaban J connectivity index is 0.00000225. The van der Waals surface area contributed by atoms with Crippen LogP contribution in [0.4, 0.5) is 4.39 Å². The van der Waals surface area contributed by atoms with Crippen molar-refractivity contribution in [3.63, 3.8) is 0 Å². The van der Waals surface area contributed by atoms with Gasteiger partial charge in [-0.25, -0.2) is 4.39 Å². The molecule has 2 amide bonds. The summed E-state index contributed by atoms with van der Waals surface area (Å²) < 4.78 is 14.0. The molecule has 3 aliphatic rings. The van der Waals surface area contributed by atoms with Crippen LogP contribution in [-0.4, -0.2) is 59.9 Å². The monoisotopic (exact) mass is 429 g/mol. The van der Waals surface area contributed by atoms with Crippen molar-refractivity contribution in [2.24, 2.45) is 5.92 Å². The molecule has 0 spiro atoms. The van der Waals surface area contributed by atoms with Gasteiger partial charge < -0.3 is 15.1 Å². The standard InChI is InChI=1S/C20H25ClFN3O2.ClH/c21-16-2-1-3-17(22)19(16)20(27)25-8-6-24(7-9-25)18(26)12-13-10-14-4-5-15(11-13)23-14;/h1-3,13-15,23H,4-12H2;1H. The molecule has 2 bridgehead atoms. The Labute approximate surface area is 176 Å². The third kappa shape index (κ3) is 4.44. The van der Waals surface area contributed by atoms with Crippen molar-refractivity contribution in [3.05, 3.63) is 34.6 Å². The van der Waals surface area contributed by atoms with Crippen LogP contribution in [0.2, 0.25) is 5.02 Å². The Morgan fingerprint density at radius 1 is 1.07 bits per heavy atom. The Bertz CT molecular complexity index is 708. The minimum Gasteiger partial charge on any atom is -0.339 e. The number of carbonyl (C=O) groups excluding carboxylic acids is 2. The van der Waals surface area contributed by atoms with Gasteiger partial charge in [0.05, 0.1) is 10.6 Å². The first-order valence-corrected chi connectivity index (χ1v) is 10.2. The highest BCUT2D eigenvalue weighted by molar-refractivity contribution is 6.33. The van der Waals surface area contributed by atoms with Gasteiger partial charge in [-0.3, -0.25) is 9.59 Å². The van der Waals surface area contributed by atoms with E-state index in [1.807, 2.05) is 4.90 Å². The first-order chi connectivity index (χ1) is 13.0. The van der Waals surface area contributed by atoms with E-state index in [0.717, 1.165) is 12.8 Å². The zero-order chi connectivity index (χ0) is 19.0. The Morgan fingerprint density at radius 2 is 1.68 bits per heavy atom. The minimum absolute atomic E-state index is 0. The zero-order valence-corrected chi connectivity index (χ0v) is 17.3. The summed E-state index contributed by atoms with van der Waals surface area (Å²) in [5.74, 6) is -0.364. The van der Waals surface area contributed by atoms with E-state index in [2.05, 4.69) is 5.32 Å². The average Bonchev–Trinajstić information content (AvgIpc) is 3.00. The number of rotatable bonds is 3. The predicted molar refractivity (Wildman–Crippen MR) is 108 cm³/mol. The highest BCUT2D eigenvalue weighted by Gasteiger charge is 2.35. The van der Waals surface area contributed by atoms with Gasteiger partial charge in [0.2, 0.25) is 5.91 Å². The van der Waals surface area contributed by atoms with Gasteiger partial charge in [-0.1, -0.05) is 17.7 Å². The summed E-state index contributed by atoms with van der Waals surface area (Å²) in [6, 6.07) is 5.41. The van der Waals surface area contributed by atoms with Crippen LogP contribution in [0.25, 0.3) is 0 Å². The van der Waals surface area contributed by atoms with Gasteiger partial charge >= 0.3 is 0 Å². The molecule has 28 heavy (non-hydrogen) atoms. The number of halogens is 3. The summed E-state index contributed by atoms with van der Waals surface area (Å²) >= 11 is 6.00. The van der Waals surface area contributed by atoms with Gasteiger partial charge in [0, 0.05) is 44.7 Å². The number of hydrogen-bond acceptors (Lipinski definition) is 3. The van der Waals surface area contributed by atoms with Crippen LogP contribution in [0.5, 0.6) is 0 Å². The highest BCUT2D eigenvalue weighted by atomic mass is 35.5. The van der Waals surface area contributed by atoms with Crippen molar-refractivity contribution in [3.8, 4) is 0 Å². The SMILES string of the molecule is Cl.O=C(CC1CC2CCC(C1)N2)N1CCN(C(=O)c2c(F)cccc2Cl)CC1. The minimum atomic E-state index is -0.605. The molecular weight excluding hydrogens is 404 g/mol. The molecule has 8 heteroatoms.